The lowest BCUT2D eigenvalue weighted by atomic mass is 9.57. The Kier molecular flexibility index (Phi) is 11.6. The number of hydrogen-bond donors (Lipinski definition) is 4. The maximum atomic E-state index is 12.3. The van der Waals surface area contributed by atoms with Gasteiger partial charge in [-0.05, 0) is 71.5 Å². The van der Waals surface area contributed by atoms with E-state index >= 15 is 0 Å². The Morgan fingerprint density at radius 3 is 2.35 bits per heavy atom. The van der Waals surface area contributed by atoms with Crippen molar-refractivity contribution >= 4 is 57.2 Å². The van der Waals surface area contributed by atoms with E-state index in [-0.39, 0.29) is 41.1 Å². The molecule has 2 aliphatic heterocycles. The Bertz CT molecular complexity index is 1870. The number of carbonyl (C=O) groups excluding carboxylic acids is 3. The molecule has 0 bridgehead atoms. The van der Waals surface area contributed by atoms with Gasteiger partial charge in [0.1, 0.15) is 11.4 Å². The summed E-state index contributed by atoms with van der Waals surface area (Å²) in [4.78, 5) is 48.3. The summed E-state index contributed by atoms with van der Waals surface area (Å²) in [6.07, 6.45) is 6.54. The molecule has 0 spiro atoms. The molecule has 1 atom stereocenters. The van der Waals surface area contributed by atoms with Crippen molar-refractivity contribution in [3.05, 3.63) is 65.5 Å². The maximum absolute atomic E-state index is 12.3. The van der Waals surface area contributed by atoms with E-state index in [1.165, 1.54) is 0 Å². The van der Waals surface area contributed by atoms with Crippen LogP contribution in [0.25, 0.3) is 11.1 Å². The molecule has 51 heavy (non-hydrogen) atoms. The van der Waals surface area contributed by atoms with Crippen LogP contribution in [0.1, 0.15) is 64.2 Å². The molecule has 4 radical (unpaired) electrons. The molecule has 17 heteroatoms. The van der Waals surface area contributed by atoms with Gasteiger partial charge in [-0.2, -0.15) is 5.10 Å². The van der Waals surface area contributed by atoms with Gasteiger partial charge in [0, 0.05) is 55.1 Å². The molecule has 6 heterocycles. The smallest absolute Gasteiger partial charge is 0.228 e. The molecule has 1 saturated heterocycles. The molecule has 15 nitrogen and oxygen atoms in total. The number of pyridine rings is 2. The zero-order valence-electron chi connectivity index (χ0n) is 29.7. The van der Waals surface area contributed by atoms with E-state index in [1.54, 1.807) is 30.5 Å². The molecule has 2 fully saturated rings. The lowest BCUT2D eigenvalue weighted by Crippen LogP contribution is -2.60. The fourth-order valence-electron chi connectivity index (χ4n) is 5.95. The van der Waals surface area contributed by atoms with Gasteiger partial charge in [0.25, 0.3) is 0 Å². The Hall–Kier alpha value is -4.99. The van der Waals surface area contributed by atoms with Crippen molar-refractivity contribution in [2.45, 2.75) is 37.2 Å². The van der Waals surface area contributed by atoms with E-state index in [4.69, 9.17) is 20.8 Å². The number of fused-ring (bicyclic) bond motifs is 3. The maximum Gasteiger partial charge on any atom is 0.228 e. The highest BCUT2D eigenvalue weighted by molar-refractivity contribution is 6.39. The highest BCUT2D eigenvalue weighted by atomic mass is 16.2. The average molecular weight is 688 g/mol. The number of amides is 1. The first kappa shape index (κ1) is 37.3. The largest absolute Gasteiger partial charge is 0.363 e. The summed E-state index contributed by atoms with van der Waals surface area (Å²) in [6.45, 7) is 3.18. The first-order valence-corrected chi connectivity index (χ1v) is 16.7. The van der Waals surface area contributed by atoms with Crippen molar-refractivity contribution in [1.82, 2.24) is 45.5 Å². The van der Waals surface area contributed by atoms with Crippen molar-refractivity contribution in [2.24, 2.45) is 5.92 Å². The van der Waals surface area contributed by atoms with Crippen LogP contribution in [0.3, 0.4) is 0 Å². The molecule has 1 unspecified atom stereocenters. The molecule has 4 N–H and O–H groups in total. The van der Waals surface area contributed by atoms with E-state index in [0.717, 1.165) is 35.3 Å². The van der Waals surface area contributed by atoms with Crippen molar-refractivity contribution in [1.29, 1.82) is 0 Å². The molecule has 7 rings (SSSR count). The van der Waals surface area contributed by atoms with Gasteiger partial charge in [0.15, 0.2) is 24.2 Å². The third-order valence-electron chi connectivity index (χ3n) is 8.80. The fraction of sp³-hybridized carbons (Fsp3) is 0.412. The van der Waals surface area contributed by atoms with E-state index in [2.05, 4.69) is 53.3 Å². The van der Waals surface area contributed by atoms with Crippen LogP contribution in [0, 0.1) is 5.92 Å². The minimum atomic E-state index is -1.34. The first-order chi connectivity index (χ1) is 24.5. The quantitative estimate of drug-likeness (QED) is 0.149. The molecule has 4 aromatic heterocycles. The van der Waals surface area contributed by atoms with Gasteiger partial charge in [-0.3, -0.25) is 19.1 Å². The minimum absolute atomic E-state index is 0.00401. The molecule has 262 valence electrons. The summed E-state index contributed by atoms with van der Waals surface area (Å²) >= 11 is 0. The topological polar surface area (TPSA) is 175 Å². The van der Waals surface area contributed by atoms with Crippen LogP contribution < -0.4 is 26.2 Å². The number of hydrogen-bond acceptors (Lipinski definition) is 13. The standard InChI is InChI=1S/C30H28B2N10O3.2C2H7N/c1-16-26-21(11-34-42(26)19-12-41(13-19)30(31,32)24-5-3-4-18(14-43)35-24)20-8-9-33-28(27(20)40(16)2)36-22-10-25(39-38-23(22)15-44)37-29(45)17-6-7-17;2*1-3-2/h3-5,8-11,14-17,19H,6-7,12-13H2,1-2H3,(H2,33,36,37,39,45);2*3H,1-2H3. The Balaban J connectivity index is 0.000000787. The predicted octanol–water partition coefficient (Wildman–Crippen LogP) is 2.03. The van der Waals surface area contributed by atoms with Gasteiger partial charge in [-0.15, -0.1) is 10.2 Å². The van der Waals surface area contributed by atoms with Crippen LogP contribution in [0.15, 0.2) is 42.7 Å². The number of rotatable bonds is 9. The van der Waals surface area contributed by atoms with Gasteiger partial charge < -0.3 is 31.1 Å². The second kappa shape index (κ2) is 15.9. The monoisotopic (exact) mass is 688 g/mol. The summed E-state index contributed by atoms with van der Waals surface area (Å²) in [5.74, 6) is 0.669. The number of aromatic nitrogens is 6. The molecule has 4 aromatic rings. The SMILES string of the molecule is CNC.CNC.[B]C([B])(c1cccc(C=O)n1)N1CC(n2ncc3c2C(C)N(C)c2c-3ccnc2Nc2cc(NC(=O)C3CC3)nnc2C=O)C1. The second-order valence-corrected chi connectivity index (χ2v) is 12.7. The van der Waals surface area contributed by atoms with E-state index in [9.17, 15) is 14.4 Å². The first-order valence-electron chi connectivity index (χ1n) is 16.7. The molecule has 3 aliphatic rings. The zero-order valence-corrected chi connectivity index (χ0v) is 29.7. The van der Waals surface area contributed by atoms with Crippen LogP contribution in [-0.2, 0) is 10.1 Å². The zero-order chi connectivity index (χ0) is 36.9. The van der Waals surface area contributed by atoms with Crippen molar-refractivity contribution < 1.29 is 14.4 Å². The van der Waals surface area contributed by atoms with Crippen molar-refractivity contribution in [3.63, 3.8) is 0 Å². The number of anilines is 4. The Morgan fingerprint density at radius 1 is 1.00 bits per heavy atom. The average Bonchev–Trinajstić information content (AvgIpc) is 3.87. The molecular formula is C34H42B2N12O3. The summed E-state index contributed by atoms with van der Waals surface area (Å²) in [6, 6.07) is 8.50. The van der Waals surface area contributed by atoms with Crippen LogP contribution >= 0.6 is 0 Å². The predicted molar refractivity (Wildman–Crippen MR) is 198 cm³/mol. The van der Waals surface area contributed by atoms with E-state index in [1.807, 2.05) is 57.1 Å². The molecule has 1 amide bonds. The van der Waals surface area contributed by atoms with Crippen LogP contribution in [0.4, 0.5) is 23.0 Å². The van der Waals surface area contributed by atoms with Gasteiger partial charge in [-0.1, -0.05) is 6.07 Å². The molecule has 1 saturated carbocycles. The Labute approximate surface area is 300 Å². The third-order valence-corrected chi connectivity index (χ3v) is 8.80. The minimum Gasteiger partial charge on any atom is -0.363 e. The van der Waals surface area contributed by atoms with Gasteiger partial charge >= 0.3 is 0 Å². The highest BCUT2D eigenvalue weighted by Gasteiger charge is 2.42. The normalized spacial score (nSPS) is 16.6. The van der Waals surface area contributed by atoms with E-state index < -0.39 is 5.34 Å². The number of nitrogens with one attached hydrogen (secondary N) is 4. The number of nitrogens with zero attached hydrogens (tertiary/aromatic N) is 8. The summed E-state index contributed by atoms with van der Waals surface area (Å²) in [7, 11) is 22.5. The Morgan fingerprint density at radius 2 is 1.71 bits per heavy atom. The second-order valence-electron chi connectivity index (χ2n) is 12.7. The third kappa shape index (κ3) is 7.70. The summed E-state index contributed by atoms with van der Waals surface area (Å²) in [5, 5.41) is 23.0. The number of likely N-dealkylation sites (tertiary alicyclic amines) is 1. The summed E-state index contributed by atoms with van der Waals surface area (Å²) < 4.78 is 2.03. The fourth-order valence-corrected chi connectivity index (χ4v) is 5.95. The molecule has 1 aliphatic carbocycles. The van der Waals surface area contributed by atoms with Crippen molar-refractivity contribution in [2.75, 3.05) is 63.9 Å². The van der Waals surface area contributed by atoms with Gasteiger partial charge in [-0.25, -0.2) is 9.97 Å². The van der Waals surface area contributed by atoms with Crippen molar-refractivity contribution in [3.8, 4) is 11.1 Å². The molecular weight excluding hydrogens is 646 g/mol. The van der Waals surface area contributed by atoms with Crippen LogP contribution in [0.5, 0.6) is 0 Å². The highest BCUT2D eigenvalue weighted by Crippen LogP contribution is 2.48. The number of aldehydes is 2. The summed E-state index contributed by atoms with van der Waals surface area (Å²) in [5.41, 5.74) is 4.92. The van der Waals surface area contributed by atoms with Crippen LogP contribution in [-0.4, -0.2) is 117 Å². The van der Waals surface area contributed by atoms with Gasteiger partial charge in [0.05, 0.1) is 51.0 Å². The number of carbonyl (C=O) groups is 3. The lowest BCUT2D eigenvalue weighted by Gasteiger charge is -2.50. The van der Waals surface area contributed by atoms with Crippen LogP contribution in [0.2, 0.25) is 0 Å². The molecule has 0 aromatic carbocycles. The van der Waals surface area contributed by atoms with E-state index in [0.29, 0.717) is 42.9 Å². The lowest BCUT2D eigenvalue weighted by molar-refractivity contribution is -0.117. The van der Waals surface area contributed by atoms with Gasteiger partial charge in [0.2, 0.25) is 5.91 Å².